The lowest BCUT2D eigenvalue weighted by atomic mass is 9.81. The van der Waals surface area contributed by atoms with Gasteiger partial charge in [0.2, 0.25) is 5.91 Å². The van der Waals surface area contributed by atoms with E-state index >= 15 is 0 Å². The maximum atomic E-state index is 13.1. The number of nitrogens with one attached hydrogen (secondary N) is 3. The third kappa shape index (κ3) is 3.56. The number of hydrogen-bond acceptors (Lipinski definition) is 4. The van der Waals surface area contributed by atoms with Crippen molar-refractivity contribution in [3.05, 3.63) is 71.3 Å². The van der Waals surface area contributed by atoms with Crippen LogP contribution in [0.25, 0.3) is 6.08 Å². The highest BCUT2D eigenvalue weighted by atomic mass is 16.2. The molecule has 3 aliphatic rings. The molecular weight excluding hydrogens is 360 g/mol. The Labute approximate surface area is 172 Å². The molecule has 3 N–H and O–H groups in total. The van der Waals surface area contributed by atoms with Crippen molar-refractivity contribution < 1.29 is 4.79 Å². The van der Waals surface area contributed by atoms with E-state index in [1.807, 2.05) is 0 Å². The van der Waals surface area contributed by atoms with Crippen LogP contribution in [0, 0.1) is 18.8 Å². The van der Waals surface area contributed by atoms with Crippen LogP contribution < -0.4 is 20.9 Å². The summed E-state index contributed by atoms with van der Waals surface area (Å²) in [5, 5.41) is 10.4. The molecule has 5 rings (SSSR count). The maximum absolute atomic E-state index is 13.1. The van der Waals surface area contributed by atoms with E-state index in [9.17, 15) is 4.79 Å². The van der Waals surface area contributed by atoms with Gasteiger partial charge in [0.15, 0.2) is 6.29 Å². The van der Waals surface area contributed by atoms with Gasteiger partial charge in [0.25, 0.3) is 0 Å². The molecule has 1 amide bonds. The monoisotopic (exact) mass is 388 g/mol. The first-order valence-electron chi connectivity index (χ1n) is 10.6. The van der Waals surface area contributed by atoms with E-state index in [2.05, 4.69) is 88.5 Å². The Bertz CT molecular complexity index is 923. The molecule has 2 aromatic rings. The molecule has 4 atom stereocenters. The molecule has 150 valence electrons. The van der Waals surface area contributed by atoms with Crippen LogP contribution in [-0.2, 0) is 11.2 Å². The van der Waals surface area contributed by atoms with Crippen LogP contribution in [0.1, 0.15) is 23.1 Å². The number of rotatable bonds is 3. The Kier molecular flexibility index (Phi) is 4.86. The van der Waals surface area contributed by atoms with Gasteiger partial charge >= 0.3 is 0 Å². The zero-order valence-electron chi connectivity index (χ0n) is 16.8. The number of benzene rings is 2. The number of carbonyl (C=O) groups is 1. The molecule has 3 aliphatic heterocycles. The van der Waals surface area contributed by atoms with Gasteiger partial charge in [-0.1, -0.05) is 60.2 Å². The van der Waals surface area contributed by atoms with Crippen LogP contribution in [-0.4, -0.2) is 31.5 Å². The summed E-state index contributed by atoms with van der Waals surface area (Å²) in [6, 6.07) is 17.0. The SMILES string of the molecule is Cc1ccc(/C=C/C2CCNC3NC(N4CCc5ccccc54)NC(=O)C23)cc1. The average molecular weight is 389 g/mol. The first-order chi connectivity index (χ1) is 14.2. The summed E-state index contributed by atoms with van der Waals surface area (Å²) in [7, 11) is 0. The van der Waals surface area contributed by atoms with Gasteiger partial charge in [0, 0.05) is 12.2 Å². The Morgan fingerprint density at radius 1 is 1.10 bits per heavy atom. The summed E-state index contributed by atoms with van der Waals surface area (Å²) >= 11 is 0. The number of fused-ring (bicyclic) bond motifs is 2. The Morgan fingerprint density at radius 2 is 1.93 bits per heavy atom. The fourth-order valence-corrected chi connectivity index (χ4v) is 4.84. The standard InChI is InChI=1S/C24H28N4O/c1-16-6-8-17(9-7-16)10-11-19-12-14-25-22-21(19)23(29)27-24(26-22)28-15-13-18-4-2-3-5-20(18)28/h2-11,19,21-22,24-26H,12-15H2,1H3,(H,27,29)/b11-10+. The minimum Gasteiger partial charge on any atom is -0.338 e. The predicted molar refractivity (Wildman–Crippen MR) is 116 cm³/mol. The van der Waals surface area contributed by atoms with E-state index in [1.54, 1.807) is 0 Å². The molecule has 2 fully saturated rings. The van der Waals surface area contributed by atoms with E-state index in [0.717, 1.165) is 25.9 Å². The molecule has 29 heavy (non-hydrogen) atoms. The predicted octanol–water partition coefficient (Wildman–Crippen LogP) is 2.63. The molecule has 4 unspecified atom stereocenters. The summed E-state index contributed by atoms with van der Waals surface area (Å²) < 4.78 is 0. The number of para-hydroxylation sites is 1. The molecule has 0 radical (unpaired) electrons. The highest BCUT2D eigenvalue weighted by molar-refractivity contribution is 5.82. The minimum atomic E-state index is -0.167. The van der Waals surface area contributed by atoms with Crippen molar-refractivity contribution in [3.63, 3.8) is 0 Å². The second-order valence-corrected chi connectivity index (χ2v) is 8.33. The van der Waals surface area contributed by atoms with Crippen LogP contribution in [0.5, 0.6) is 0 Å². The van der Waals surface area contributed by atoms with E-state index in [1.165, 1.54) is 22.4 Å². The molecule has 0 aliphatic carbocycles. The molecule has 3 heterocycles. The molecule has 0 spiro atoms. The fourth-order valence-electron chi connectivity index (χ4n) is 4.84. The Balaban J connectivity index is 1.32. The lowest BCUT2D eigenvalue weighted by Crippen LogP contribution is -2.72. The lowest BCUT2D eigenvalue weighted by molar-refractivity contribution is -0.132. The molecule has 5 nitrogen and oxygen atoms in total. The van der Waals surface area contributed by atoms with Gasteiger partial charge in [-0.3, -0.25) is 10.1 Å². The van der Waals surface area contributed by atoms with Gasteiger partial charge in [0.05, 0.1) is 12.1 Å². The second-order valence-electron chi connectivity index (χ2n) is 8.33. The molecular formula is C24H28N4O. The first-order valence-corrected chi connectivity index (χ1v) is 10.6. The van der Waals surface area contributed by atoms with E-state index in [-0.39, 0.29) is 30.2 Å². The summed E-state index contributed by atoms with van der Waals surface area (Å²) in [5.41, 5.74) is 5.01. The van der Waals surface area contributed by atoms with E-state index < -0.39 is 0 Å². The van der Waals surface area contributed by atoms with Crippen LogP contribution in [0.4, 0.5) is 5.69 Å². The maximum Gasteiger partial charge on any atom is 0.229 e. The third-order valence-corrected chi connectivity index (χ3v) is 6.43. The van der Waals surface area contributed by atoms with Crippen LogP contribution >= 0.6 is 0 Å². The zero-order chi connectivity index (χ0) is 19.8. The fraction of sp³-hybridized carbons (Fsp3) is 0.375. The third-order valence-electron chi connectivity index (χ3n) is 6.43. The van der Waals surface area contributed by atoms with Crippen molar-refractivity contribution in [2.45, 2.75) is 32.2 Å². The van der Waals surface area contributed by atoms with E-state index in [4.69, 9.17) is 0 Å². The number of aryl methyl sites for hydroxylation is 1. The lowest BCUT2D eigenvalue weighted by Gasteiger charge is -2.46. The number of anilines is 1. The van der Waals surface area contributed by atoms with Crippen LogP contribution in [0.2, 0.25) is 0 Å². The number of carbonyl (C=O) groups excluding carboxylic acids is 1. The number of piperidine rings is 1. The normalized spacial score (nSPS) is 28.9. The summed E-state index contributed by atoms with van der Waals surface area (Å²) in [5.74, 6) is 0.260. The van der Waals surface area contributed by atoms with Gasteiger partial charge in [-0.25, -0.2) is 0 Å². The van der Waals surface area contributed by atoms with Crippen molar-refractivity contribution in [1.29, 1.82) is 0 Å². The summed E-state index contributed by atoms with van der Waals surface area (Å²) in [4.78, 5) is 15.4. The highest BCUT2D eigenvalue weighted by Crippen LogP contribution is 2.32. The average Bonchev–Trinajstić information content (AvgIpc) is 3.17. The van der Waals surface area contributed by atoms with E-state index in [0.29, 0.717) is 0 Å². The van der Waals surface area contributed by atoms with Crippen molar-refractivity contribution in [2.75, 3.05) is 18.0 Å². The first kappa shape index (κ1) is 18.4. The molecule has 0 aromatic heterocycles. The number of allylic oxidation sites excluding steroid dienone is 1. The van der Waals surface area contributed by atoms with Gasteiger partial charge in [-0.2, -0.15) is 0 Å². The summed E-state index contributed by atoms with van der Waals surface area (Å²) in [6.45, 7) is 3.93. The van der Waals surface area contributed by atoms with Gasteiger partial charge in [-0.15, -0.1) is 0 Å². The molecule has 5 heteroatoms. The number of hydrogen-bond donors (Lipinski definition) is 3. The molecule has 2 saturated heterocycles. The quantitative estimate of drug-likeness (QED) is 0.757. The van der Waals surface area contributed by atoms with Gasteiger partial charge in [-0.05, 0) is 49.4 Å². The number of amides is 1. The largest absolute Gasteiger partial charge is 0.338 e. The molecule has 0 bridgehead atoms. The number of nitrogens with zero attached hydrogens (tertiary/aromatic N) is 1. The summed E-state index contributed by atoms with van der Waals surface area (Å²) in [6.07, 6.45) is 6.18. The minimum absolute atomic E-state index is 0.0112. The van der Waals surface area contributed by atoms with Crippen molar-refractivity contribution in [3.8, 4) is 0 Å². The van der Waals surface area contributed by atoms with Crippen LogP contribution in [0.15, 0.2) is 54.6 Å². The second kappa shape index (κ2) is 7.65. The van der Waals surface area contributed by atoms with Gasteiger partial charge in [0.1, 0.15) is 0 Å². The van der Waals surface area contributed by atoms with Crippen molar-refractivity contribution >= 4 is 17.7 Å². The highest BCUT2D eigenvalue weighted by Gasteiger charge is 2.44. The smallest absolute Gasteiger partial charge is 0.229 e. The van der Waals surface area contributed by atoms with Gasteiger partial charge < -0.3 is 15.5 Å². The molecule has 0 saturated carbocycles. The molecule has 2 aromatic carbocycles. The van der Waals surface area contributed by atoms with Crippen molar-refractivity contribution in [2.24, 2.45) is 11.8 Å². The Morgan fingerprint density at radius 3 is 2.79 bits per heavy atom. The Hall–Kier alpha value is -2.63. The topological polar surface area (TPSA) is 56.4 Å². The zero-order valence-corrected chi connectivity index (χ0v) is 16.8. The van der Waals surface area contributed by atoms with Crippen molar-refractivity contribution in [1.82, 2.24) is 16.0 Å². The van der Waals surface area contributed by atoms with Crippen LogP contribution in [0.3, 0.4) is 0 Å².